The SMILES string of the molecule is CCOC(=O)c1ccc(NC(=O)/C(C#N)=C/c2cc(Br)c(OCc3ccc(Cl)cc3)c(I)c2)cc1. The molecule has 3 rings (SSSR count). The third-order valence-electron chi connectivity index (χ3n) is 4.65. The predicted octanol–water partition coefficient (Wildman–Crippen LogP) is 7.01. The van der Waals surface area contributed by atoms with Crippen molar-refractivity contribution in [2.75, 3.05) is 11.9 Å². The van der Waals surface area contributed by atoms with Crippen LogP contribution in [0.25, 0.3) is 6.08 Å². The molecule has 178 valence electrons. The van der Waals surface area contributed by atoms with Crippen molar-refractivity contribution < 1.29 is 19.1 Å². The standard InChI is InChI=1S/C26H19BrClIN2O4/c1-2-34-26(33)18-5-9-21(10-6-18)31-25(32)19(14-30)11-17-12-22(27)24(23(29)13-17)35-15-16-3-7-20(28)8-4-16/h3-13H,2,15H2,1H3,(H,31,32)/b19-11+. The van der Waals surface area contributed by atoms with Gasteiger partial charge in [-0.15, -0.1) is 0 Å². The molecule has 0 aliphatic heterocycles. The van der Waals surface area contributed by atoms with Crippen molar-refractivity contribution in [2.24, 2.45) is 0 Å². The first kappa shape index (κ1) is 26.7. The number of nitriles is 1. The summed E-state index contributed by atoms with van der Waals surface area (Å²) >= 11 is 11.6. The molecular formula is C26H19BrClIN2O4. The van der Waals surface area contributed by atoms with Crippen LogP contribution in [0, 0.1) is 14.9 Å². The first-order chi connectivity index (χ1) is 16.8. The second kappa shape index (κ2) is 12.7. The Morgan fingerprint density at radius 3 is 2.43 bits per heavy atom. The van der Waals surface area contributed by atoms with Crippen molar-refractivity contribution in [3.8, 4) is 11.8 Å². The van der Waals surface area contributed by atoms with Crippen LogP contribution in [-0.2, 0) is 16.1 Å². The van der Waals surface area contributed by atoms with Crippen LogP contribution in [0.15, 0.2) is 70.7 Å². The van der Waals surface area contributed by atoms with E-state index in [4.69, 9.17) is 21.1 Å². The molecule has 0 aliphatic carbocycles. The van der Waals surface area contributed by atoms with Crippen LogP contribution in [-0.4, -0.2) is 18.5 Å². The number of nitrogens with one attached hydrogen (secondary N) is 1. The predicted molar refractivity (Wildman–Crippen MR) is 147 cm³/mol. The topological polar surface area (TPSA) is 88.4 Å². The van der Waals surface area contributed by atoms with Gasteiger partial charge in [0.1, 0.15) is 24.0 Å². The van der Waals surface area contributed by atoms with Gasteiger partial charge in [-0.2, -0.15) is 5.26 Å². The molecule has 0 aromatic heterocycles. The molecule has 0 bridgehead atoms. The van der Waals surface area contributed by atoms with E-state index in [1.54, 1.807) is 49.4 Å². The minimum Gasteiger partial charge on any atom is -0.487 e. The summed E-state index contributed by atoms with van der Waals surface area (Å²) in [6.45, 7) is 2.36. The zero-order valence-electron chi connectivity index (χ0n) is 18.5. The molecule has 3 aromatic rings. The summed E-state index contributed by atoms with van der Waals surface area (Å²) < 4.78 is 12.4. The first-order valence-corrected chi connectivity index (χ1v) is 12.6. The van der Waals surface area contributed by atoms with Gasteiger partial charge in [-0.25, -0.2) is 4.79 Å². The highest BCUT2D eigenvalue weighted by molar-refractivity contribution is 14.1. The number of ether oxygens (including phenoxy) is 2. The van der Waals surface area contributed by atoms with Gasteiger partial charge in [-0.05, 0) is 111 Å². The lowest BCUT2D eigenvalue weighted by Gasteiger charge is -2.12. The Bertz CT molecular complexity index is 1280. The molecule has 35 heavy (non-hydrogen) atoms. The highest BCUT2D eigenvalue weighted by Gasteiger charge is 2.14. The Balaban J connectivity index is 1.71. The van der Waals surface area contributed by atoms with Crippen molar-refractivity contribution >= 4 is 73.8 Å². The molecule has 0 fully saturated rings. The fourth-order valence-corrected chi connectivity index (χ4v) is 4.85. The Morgan fingerprint density at radius 2 is 1.83 bits per heavy atom. The number of carbonyl (C=O) groups is 2. The maximum Gasteiger partial charge on any atom is 0.338 e. The second-order valence-electron chi connectivity index (χ2n) is 7.15. The van der Waals surface area contributed by atoms with Crippen molar-refractivity contribution in [1.29, 1.82) is 5.26 Å². The van der Waals surface area contributed by atoms with E-state index in [9.17, 15) is 14.9 Å². The summed E-state index contributed by atoms with van der Waals surface area (Å²) in [4.78, 5) is 24.4. The van der Waals surface area contributed by atoms with E-state index in [2.05, 4.69) is 43.8 Å². The van der Waals surface area contributed by atoms with Crippen LogP contribution in [0.4, 0.5) is 5.69 Å². The van der Waals surface area contributed by atoms with Crippen molar-refractivity contribution in [3.05, 3.63) is 96.0 Å². The van der Waals surface area contributed by atoms with Gasteiger partial charge in [-0.3, -0.25) is 4.79 Å². The summed E-state index contributed by atoms with van der Waals surface area (Å²) in [5.41, 5.74) is 2.38. The maximum absolute atomic E-state index is 12.6. The number of amides is 1. The van der Waals surface area contributed by atoms with E-state index in [-0.39, 0.29) is 12.2 Å². The van der Waals surface area contributed by atoms with E-state index in [1.165, 1.54) is 6.08 Å². The van der Waals surface area contributed by atoms with E-state index in [0.717, 1.165) is 9.13 Å². The number of nitrogens with zero attached hydrogens (tertiary/aromatic N) is 1. The van der Waals surface area contributed by atoms with Crippen LogP contribution in [0.1, 0.15) is 28.4 Å². The number of benzene rings is 3. The summed E-state index contributed by atoms with van der Waals surface area (Å²) in [6, 6.07) is 19.2. The summed E-state index contributed by atoms with van der Waals surface area (Å²) in [7, 11) is 0. The molecule has 6 nitrogen and oxygen atoms in total. The first-order valence-electron chi connectivity index (χ1n) is 10.4. The van der Waals surface area contributed by atoms with Crippen molar-refractivity contribution in [1.82, 2.24) is 0 Å². The molecule has 3 aromatic carbocycles. The minimum absolute atomic E-state index is 0.0722. The van der Waals surface area contributed by atoms with E-state index < -0.39 is 11.9 Å². The Kier molecular flexibility index (Phi) is 9.72. The van der Waals surface area contributed by atoms with Crippen LogP contribution in [0.5, 0.6) is 5.75 Å². The van der Waals surface area contributed by atoms with E-state index in [0.29, 0.717) is 38.7 Å². The minimum atomic E-state index is -0.564. The van der Waals surface area contributed by atoms with Crippen molar-refractivity contribution in [3.63, 3.8) is 0 Å². The summed E-state index contributed by atoms with van der Waals surface area (Å²) in [5, 5.41) is 12.9. The molecule has 0 aliphatic rings. The quantitative estimate of drug-likeness (QED) is 0.121. The number of hydrogen-bond acceptors (Lipinski definition) is 5. The molecule has 0 saturated heterocycles. The van der Waals surface area contributed by atoms with Gasteiger partial charge >= 0.3 is 5.97 Å². The van der Waals surface area contributed by atoms with Crippen LogP contribution in [0.2, 0.25) is 5.02 Å². The molecule has 0 radical (unpaired) electrons. The average molecular weight is 666 g/mol. The van der Waals surface area contributed by atoms with Crippen LogP contribution in [0.3, 0.4) is 0 Å². The molecule has 1 amide bonds. The number of carbonyl (C=O) groups excluding carboxylic acids is 2. The second-order valence-corrected chi connectivity index (χ2v) is 9.60. The van der Waals surface area contributed by atoms with Gasteiger partial charge in [-0.1, -0.05) is 23.7 Å². The van der Waals surface area contributed by atoms with Crippen LogP contribution < -0.4 is 10.1 Å². The van der Waals surface area contributed by atoms with Gasteiger partial charge in [0, 0.05) is 10.7 Å². The van der Waals surface area contributed by atoms with Gasteiger partial charge in [0.25, 0.3) is 5.91 Å². The fourth-order valence-electron chi connectivity index (χ4n) is 2.95. The lowest BCUT2D eigenvalue weighted by atomic mass is 10.1. The van der Waals surface area contributed by atoms with Gasteiger partial charge in [0.05, 0.1) is 20.2 Å². The molecule has 0 saturated carbocycles. The summed E-state index contributed by atoms with van der Waals surface area (Å²) in [6.07, 6.45) is 1.50. The molecule has 0 atom stereocenters. The fraction of sp³-hybridized carbons (Fsp3) is 0.115. The lowest BCUT2D eigenvalue weighted by Crippen LogP contribution is -2.13. The molecule has 0 unspecified atom stereocenters. The molecular weight excluding hydrogens is 647 g/mol. The van der Waals surface area contributed by atoms with E-state index >= 15 is 0 Å². The zero-order valence-corrected chi connectivity index (χ0v) is 23.0. The lowest BCUT2D eigenvalue weighted by molar-refractivity contribution is -0.112. The number of rotatable bonds is 8. The smallest absolute Gasteiger partial charge is 0.338 e. The highest BCUT2D eigenvalue weighted by atomic mass is 127. The molecule has 0 heterocycles. The summed E-state index contributed by atoms with van der Waals surface area (Å²) in [5.74, 6) is -0.350. The monoisotopic (exact) mass is 664 g/mol. The number of halogens is 3. The van der Waals surface area contributed by atoms with Gasteiger partial charge in [0.2, 0.25) is 0 Å². The van der Waals surface area contributed by atoms with Crippen LogP contribution >= 0.6 is 50.1 Å². The largest absolute Gasteiger partial charge is 0.487 e. The van der Waals surface area contributed by atoms with Crippen molar-refractivity contribution in [2.45, 2.75) is 13.5 Å². The maximum atomic E-state index is 12.6. The third kappa shape index (κ3) is 7.56. The number of hydrogen-bond donors (Lipinski definition) is 1. The average Bonchev–Trinajstić information content (AvgIpc) is 2.83. The highest BCUT2D eigenvalue weighted by Crippen LogP contribution is 2.33. The Morgan fingerprint density at radius 1 is 1.14 bits per heavy atom. The van der Waals surface area contributed by atoms with E-state index in [1.807, 2.05) is 24.3 Å². The normalized spacial score (nSPS) is 10.9. The zero-order chi connectivity index (χ0) is 25.4. The molecule has 1 N–H and O–H groups in total. The number of anilines is 1. The molecule has 0 spiro atoms. The third-order valence-corrected chi connectivity index (χ3v) is 6.29. The molecule has 9 heteroatoms. The Labute approximate surface area is 230 Å². The number of esters is 1. The Hall–Kier alpha value is -2.87. The van der Waals surface area contributed by atoms with Gasteiger partial charge < -0.3 is 14.8 Å². The van der Waals surface area contributed by atoms with Gasteiger partial charge in [0.15, 0.2) is 0 Å².